The molecule has 0 saturated carbocycles. The molecule has 24 heavy (non-hydrogen) atoms. The standard InChI is InChI=1S/C18H21N3O2S/c22-18(16-11-13-3-1-5-15(13)24-16)20-12-14-4-2-6-19-17(14)21-7-9-23-10-8-21/h2,4,6,11H,1,3,5,7-10,12H2,(H,20,22). The van der Waals surface area contributed by atoms with Gasteiger partial charge in [0.15, 0.2) is 0 Å². The lowest BCUT2D eigenvalue weighted by Crippen LogP contribution is -2.37. The fourth-order valence-corrected chi connectivity index (χ4v) is 4.50. The quantitative estimate of drug-likeness (QED) is 0.926. The van der Waals surface area contributed by atoms with E-state index >= 15 is 0 Å². The maximum atomic E-state index is 12.5. The molecule has 3 heterocycles. The minimum atomic E-state index is 0.0196. The van der Waals surface area contributed by atoms with Crippen LogP contribution in [0.15, 0.2) is 24.4 Å². The van der Waals surface area contributed by atoms with E-state index in [0.29, 0.717) is 6.54 Å². The molecular weight excluding hydrogens is 322 g/mol. The van der Waals surface area contributed by atoms with Crippen LogP contribution in [0.3, 0.4) is 0 Å². The Kier molecular flexibility index (Phi) is 4.49. The summed E-state index contributed by atoms with van der Waals surface area (Å²) in [4.78, 5) is 21.4. The van der Waals surface area contributed by atoms with Gasteiger partial charge in [-0.1, -0.05) is 6.07 Å². The number of anilines is 1. The number of aryl methyl sites for hydroxylation is 2. The number of hydrogen-bond donors (Lipinski definition) is 1. The zero-order chi connectivity index (χ0) is 16.4. The van der Waals surface area contributed by atoms with Crippen LogP contribution in [0.2, 0.25) is 0 Å². The number of morpholine rings is 1. The average Bonchev–Trinajstić information content (AvgIpc) is 3.23. The molecule has 1 aliphatic carbocycles. The third-order valence-electron chi connectivity index (χ3n) is 4.59. The average molecular weight is 343 g/mol. The summed E-state index contributed by atoms with van der Waals surface area (Å²) < 4.78 is 5.41. The number of ether oxygens (including phenoxy) is 1. The number of carbonyl (C=O) groups excluding carboxylic acids is 1. The molecule has 1 aliphatic heterocycles. The van der Waals surface area contributed by atoms with Gasteiger partial charge < -0.3 is 15.0 Å². The number of fused-ring (bicyclic) bond motifs is 1. The Balaban J connectivity index is 1.44. The molecule has 0 atom stereocenters. The minimum Gasteiger partial charge on any atom is -0.378 e. The Morgan fingerprint density at radius 3 is 3.04 bits per heavy atom. The second-order valence-electron chi connectivity index (χ2n) is 6.18. The molecule has 1 fully saturated rings. The second-order valence-corrected chi connectivity index (χ2v) is 7.32. The zero-order valence-corrected chi connectivity index (χ0v) is 14.4. The lowest BCUT2D eigenvalue weighted by atomic mass is 10.2. The fraction of sp³-hybridized carbons (Fsp3) is 0.444. The SMILES string of the molecule is O=C(NCc1cccnc1N1CCOCC1)c1cc2c(s1)CCC2. The van der Waals surface area contributed by atoms with Crippen molar-refractivity contribution in [1.82, 2.24) is 10.3 Å². The van der Waals surface area contributed by atoms with Gasteiger partial charge in [-0.05, 0) is 37.0 Å². The maximum absolute atomic E-state index is 12.5. The smallest absolute Gasteiger partial charge is 0.261 e. The van der Waals surface area contributed by atoms with Gasteiger partial charge in [-0.2, -0.15) is 0 Å². The molecule has 0 bridgehead atoms. The Labute approximate surface area is 145 Å². The van der Waals surface area contributed by atoms with Crippen LogP contribution in [0.25, 0.3) is 0 Å². The number of carbonyl (C=O) groups is 1. The van der Waals surface area contributed by atoms with Gasteiger partial charge in [0, 0.05) is 36.3 Å². The molecule has 4 rings (SSSR count). The lowest BCUT2D eigenvalue weighted by Gasteiger charge is -2.29. The van der Waals surface area contributed by atoms with E-state index in [0.717, 1.165) is 55.4 Å². The summed E-state index contributed by atoms with van der Waals surface area (Å²) in [6.07, 6.45) is 5.27. The summed E-state index contributed by atoms with van der Waals surface area (Å²) in [5, 5.41) is 3.06. The summed E-state index contributed by atoms with van der Waals surface area (Å²) in [5.41, 5.74) is 2.41. The normalized spacial score (nSPS) is 16.9. The predicted octanol–water partition coefficient (Wildman–Crippen LogP) is 2.40. The number of amides is 1. The van der Waals surface area contributed by atoms with Gasteiger partial charge in [0.1, 0.15) is 5.82 Å². The van der Waals surface area contributed by atoms with Crippen molar-refractivity contribution in [2.24, 2.45) is 0 Å². The largest absolute Gasteiger partial charge is 0.378 e. The van der Waals surface area contributed by atoms with Crippen LogP contribution >= 0.6 is 11.3 Å². The van der Waals surface area contributed by atoms with E-state index in [1.54, 1.807) is 17.5 Å². The van der Waals surface area contributed by atoms with Gasteiger partial charge in [0.25, 0.3) is 5.91 Å². The number of thiophene rings is 1. The van der Waals surface area contributed by atoms with E-state index in [2.05, 4.69) is 21.3 Å². The van der Waals surface area contributed by atoms with Gasteiger partial charge in [0.2, 0.25) is 0 Å². The molecule has 0 radical (unpaired) electrons. The van der Waals surface area contributed by atoms with E-state index in [1.165, 1.54) is 16.9 Å². The third-order valence-corrected chi connectivity index (χ3v) is 5.82. The first-order chi connectivity index (χ1) is 11.8. The first-order valence-corrected chi connectivity index (χ1v) is 9.29. The van der Waals surface area contributed by atoms with Crippen LogP contribution in [0.1, 0.15) is 32.1 Å². The summed E-state index contributed by atoms with van der Waals surface area (Å²) in [5.74, 6) is 0.973. The topological polar surface area (TPSA) is 54.5 Å². The highest BCUT2D eigenvalue weighted by molar-refractivity contribution is 7.14. The van der Waals surface area contributed by atoms with Gasteiger partial charge in [-0.15, -0.1) is 11.3 Å². The van der Waals surface area contributed by atoms with E-state index in [1.807, 2.05) is 12.1 Å². The van der Waals surface area contributed by atoms with Crippen molar-refractivity contribution in [3.05, 3.63) is 45.3 Å². The number of nitrogens with one attached hydrogen (secondary N) is 1. The van der Waals surface area contributed by atoms with Crippen LogP contribution in [-0.2, 0) is 24.1 Å². The highest BCUT2D eigenvalue weighted by Gasteiger charge is 2.19. The zero-order valence-electron chi connectivity index (χ0n) is 13.6. The maximum Gasteiger partial charge on any atom is 0.261 e. The molecule has 2 aromatic heterocycles. The summed E-state index contributed by atoms with van der Waals surface area (Å²) >= 11 is 1.64. The number of pyridine rings is 1. The second kappa shape index (κ2) is 6.91. The molecule has 1 N–H and O–H groups in total. The molecule has 0 spiro atoms. The predicted molar refractivity (Wildman–Crippen MR) is 94.8 cm³/mol. The minimum absolute atomic E-state index is 0.0196. The van der Waals surface area contributed by atoms with Crippen molar-refractivity contribution in [1.29, 1.82) is 0 Å². The number of hydrogen-bond acceptors (Lipinski definition) is 5. The van der Waals surface area contributed by atoms with E-state index in [9.17, 15) is 4.79 Å². The van der Waals surface area contributed by atoms with Crippen molar-refractivity contribution in [2.75, 3.05) is 31.2 Å². The van der Waals surface area contributed by atoms with E-state index in [4.69, 9.17) is 4.74 Å². The van der Waals surface area contributed by atoms with E-state index in [-0.39, 0.29) is 5.91 Å². The third kappa shape index (κ3) is 3.16. The molecule has 1 saturated heterocycles. The molecule has 0 aromatic carbocycles. The monoisotopic (exact) mass is 343 g/mol. The fourth-order valence-electron chi connectivity index (χ4n) is 3.33. The number of nitrogens with zero attached hydrogens (tertiary/aromatic N) is 2. The number of aromatic nitrogens is 1. The summed E-state index contributed by atoms with van der Waals surface area (Å²) in [6, 6.07) is 6.02. The van der Waals surface area contributed by atoms with E-state index < -0.39 is 0 Å². The molecule has 0 unspecified atom stereocenters. The summed E-state index contributed by atoms with van der Waals surface area (Å²) in [7, 11) is 0. The van der Waals surface area contributed by atoms with Crippen molar-refractivity contribution in [3.63, 3.8) is 0 Å². The van der Waals surface area contributed by atoms with Gasteiger partial charge >= 0.3 is 0 Å². The first kappa shape index (κ1) is 15.6. The van der Waals surface area contributed by atoms with Gasteiger partial charge in [0.05, 0.1) is 18.1 Å². The van der Waals surface area contributed by atoms with Crippen LogP contribution < -0.4 is 10.2 Å². The lowest BCUT2D eigenvalue weighted by molar-refractivity contribution is 0.0954. The van der Waals surface area contributed by atoms with Crippen molar-refractivity contribution in [2.45, 2.75) is 25.8 Å². The van der Waals surface area contributed by atoms with Gasteiger partial charge in [-0.25, -0.2) is 4.98 Å². The van der Waals surface area contributed by atoms with Gasteiger partial charge in [-0.3, -0.25) is 4.79 Å². The molecule has 6 heteroatoms. The Hall–Kier alpha value is -1.92. The molecule has 5 nitrogen and oxygen atoms in total. The Morgan fingerprint density at radius 2 is 2.21 bits per heavy atom. The van der Waals surface area contributed by atoms with Crippen LogP contribution in [0.4, 0.5) is 5.82 Å². The molecule has 126 valence electrons. The Bertz CT molecular complexity index is 716. The van der Waals surface area contributed by atoms with Crippen molar-refractivity contribution in [3.8, 4) is 0 Å². The molecular formula is C18H21N3O2S. The molecule has 1 amide bonds. The highest BCUT2D eigenvalue weighted by Crippen LogP contribution is 2.30. The first-order valence-electron chi connectivity index (χ1n) is 8.47. The molecule has 2 aromatic rings. The Morgan fingerprint density at radius 1 is 1.33 bits per heavy atom. The van der Waals surface area contributed by atoms with Crippen molar-refractivity contribution < 1.29 is 9.53 Å². The van der Waals surface area contributed by atoms with Crippen LogP contribution in [0, 0.1) is 0 Å². The molecule has 2 aliphatic rings. The van der Waals surface area contributed by atoms with Crippen LogP contribution in [-0.4, -0.2) is 37.2 Å². The van der Waals surface area contributed by atoms with Crippen LogP contribution in [0.5, 0.6) is 0 Å². The highest BCUT2D eigenvalue weighted by atomic mass is 32.1. The summed E-state index contributed by atoms with van der Waals surface area (Å²) in [6.45, 7) is 3.64. The number of rotatable bonds is 4. The van der Waals surface area contributed by atoms with Crippen molar-refractivity contribution >= 4 is 23.1 Å².